The van der Waals surface area contributed by atoms with E-state index in [1.54, 1.807) is 37.8 Å². The standard InChI is InChI=1S/C19H18N2O4/c1-23-17-5-2-3-6-18(17)25-13-19(22)21-12-14-8-9-20-15(11-14)16-7-4-10-24-16/h2-11H,12-13H2,1H3,(H,21,22). The molecule has 0 unspecified atom stereocenters. The number of carbonyl (C=O) groups is 1. The summed E-state index contributed by atoms with van der Waals surface area (Å²) in [5.74, 6) is 1.59. The first-order chi connectivity index (χ1) is 12.3. The van der Waals surface area contributed by atoms with Gasteiger partial charge in [-0.05, 0) is 42.0 Å². The lowest BCUT2D eigenvalue weighted by Gasteiger charge is -2.10. The Hall–Kier alpha value is -3.28. The third kappa shape index (κ3) is 4.38. The number of hydrogen-bond acceptors (Lipinski definition) is 5. The van der Waals surface area contributed by atoms with Gasteiger partial charge in [0.15, 0.2) is 23.9 Å². The third-order valence-electron chi connectivity index (χ3n) is 3.52. The molecule has 0 fully saturated rings. The van der Waals surface area contributed by atoms with Gasteiger partial charge in [0, 0.05) is 12.7 Å². The molecular formula is C19H18N2O4. The van der Waals surface area contributed by atoms with Crippen LogP contribution in [0, 0.1) is 0 Å². The van der Waals surface area contributed by atoms with Gasteiger partial charge in [0.05, 0.1) is 13.4 Å². The van der Waals surface area contributed by atoms with Gasteiger partial charge < -0.3 is 19.2 Å². The molecule has 6 nitrogen and oxygen atoms in total. The number of amides is 1. The van der Waals surface area contributed by atoms with Gasteiger partial charge in [0.2, 0.25) is 0 Å². The Morgan fingerprint density at radius 2 is 2.00 bits per heavy atom. The summed E-state index contributed by atoms with van der Waals surface area (Å²) in [6, 6.07) is 14.6. The first-order valence-electron chi connectivity index (χ1n) is 7.77. The topological polar surface area (TPSA) is 73.6 Å². The fourth-order valence-corrected chi connectivity index (χ4v) is 2.28. The van der Waals surface area contributed by atoms with E-state index in [2.05, 4.69) is 10.3 Å². The Balaban J connectivity index is 1.53. The lowest BCUT2D eigenvalue weighted by molar-refractivity contribution is -0.123. The first-order valence-corrected chi connectivity index (χ1v) is 7.77. The van der Waals surface area contributed by atoms with Crippen molar-refractivity contribution in [2.24, 2.45) is 0 Å². The molecule has 25 heavy (non-hydrogen) atoms. The quantitative estimate of drug-likeness (QED) is 0.717. The second kappa shape index (κ2) is 8.01. The number of hydrogen-bond donors (Lipinski definition) is 1. The number of nitrogens with one attached hydrogen (secondary N) is 1. The third-order valence-corrected chi connectivity index (χ3v) is 3.52. The highest BCUT2D eigenvalue weighted by Crippen LogP contribution is 2.25. The number of ether oxygens (including phenoxy) is 2. The zero-order chi connectivity index (χ0) is 17.5. The number of para-hydroxylation sites is 2. The lowest BCUT2D eigenvalue weighted by Crippen LogP contribution is -2.28. The maximum atomic E-state index is 12.0. The van der Waals surface area contributed by atoms with Gasteiger partial charge in [-0.15, -0.1) is 0 Å². The van der Waals surface area contributed by atoms with Crippen LogP contribution in [0.3, 0.4) is 0 Å². The highest BCUT2D eigenvalue weighted by atomic mass is 16.5. The Labute approximate surface area is 145 Å². The molecule has 0 atom stereocenters. The SMILES string of the molecule is COc1ccccc1OCC(=O)NCc1ccnc(-c2ccco2)c1. The summed E-state index contributed by atoms with van der Waals surface area (Å²) in [5, 5.41) is 2.82. The normalized spacial score (nSPS) is 10.3. The number of furan rings is 1. The summed E-state index contributed by atoms with van der Waals surface area (Å²) in [7, 11) is 1.56. The van der Waals surface area contributed by atoms with Crippen molar-refractivity contribution >= 4 is 5.91 Å². The molecule has 2 heterocycles. The summed E-state index contributed by atoms with van der Waals surface area (Å²) >= 11 is 0. The van der Waals surface area contributed by atoms with Crippen molar-refractivity contribution < 1.29 is 18.7 Å². The second-order valence-corrected chi connectivity index (χ2v) is 5.24. The minimum absolute atomic E-state index is 0.0868. The van der Waals surface area contributed by atoms with E-state index in [1.165, 1.54) is 0 Å². The number of pyridine rings is 1. The van der Waals surface area contributed by atoms with Crippen LogP contribution in [-0.2, 0) is 11.3 Å². The van der Waals surface area contributed by atoms with Crippen LogP contribution >= 0.6 is 0 Å². The van der Waals surface area contributed by atoms with Gasteiger partial charge in [0.25, 0.3) is 5.91 Å². The van der Waals surface area contributed by atoms with Crippen molar-refractivity contribution in [1.29, 1.82) is 0 Å². The molecule has 0 aliphatic heterocycles. The number of carbonyl (C=O) groups excluding carboxylic acids is 1. The Morgan fingerprint density at radius 1 is 1.16 bits per heavy atom. The van der Waals surface area contributed by atoms with Crippen LogP contribution in [0.15, 0.2) is 65.4 Å². The van der Waals surface area contributed by atoms with Crippen LogP contribution in [-0.4, -0.2) is 24.6 Å². The second-order valence-electron chi connectivity index (χ2n) is 5.24. The maximum Gasteiger partial charge on any atom is 0.258 e. The molecule has 1 N–H and O–H groups in total. The monoisotopic (exact) mass is 338 g/mol. The van der Waals surface area contributed by atoms with E-state index in [9.17, 15) is 4.79 Å². The summed E-state index contributed by atoms with van der Waals surface area (Å²) in [6.45, 7) is 0.293. The van der Waals surface area contributed by atoms with E-state index in [4.69, 9.17) is 13.9 Å². The molecule has 1 aromatic carbocycles. The van der Waals surface area contributed by atoms with Crippen LogP contribution in [0.4, 0.5) is 0 Å². The number of nitrogens with zero attached hydrogens (tertiary/aromatic N) is 1. The predicted octanol–water partition coefficient (Wildman–Crippen LogP) is 3.05. The number of aromatic nitrogens is 1. The summed E-state index contributed by atoms with van der Waals surface area (Å²) in [4.78, 5) is 16.3. The van der Waals surface area contributed by atoms with E-state index in [-0.39, 0.29) is 12.5 Å². The fraction of sp³-hybridized carbons (Fsp3) is 0.158. The van der Waals surface area contributed by atoms with E-state index < -0.39 is 0 Å². The summed E-state index contributed by atoms with van der Waals surface area (Å²) < 4.78 is 16.0. The molecule has 0 aliphatic carbocycles. The van der Waals surface area contributed by atoms with Gasteiger partial charge in [0.1, 0.15) is 5.69 Å². The molecule has 0 radical (unpaired) electrons. The Morgan fingerprint density at radius 3 is 2.76 bits per heavy atom. The molecule has 6 heteroatoms. The van der Waals surface area contributed by atoms with Gasteiger partial charge in [-0.2, -0.15) is 0 Å². The van der Waals surface area contributed by atoms with E-state index >= 15 is 0 Å². The maximum absolute atomic E-state index is 12.0. The summed E-state index contributed by atoms with van der Waals surface area (Å²) in [5.41, 5.74) is 1.65. The highest BCUT2D eigenvalue weighted by Gasteiger charge is 2.08. The molecule has 0 spiro atoms. The molecule has 2 aromatic heterocycles. The lowest BCUT2D eigenvalue weighted by atomic mass is 10.2. The molecule has 128 valence electrons. The molecule has 0 aliphatic rings. The van der Waals surface area contributed by atoms with Crippen molar-refractivity contribution in [3.05, 3.63) is 66.6 Å². The number of methoxy groups -OCH3 is 1. The van der Waals surface area contributed by atoms with E-state index in [0.29, 0.717) is 23.8 Å². The molecular weight excluding hydrogens is 320 g/mol. The minimum Gasteiger partial charge on any atom is -0.493 e. The van der Waals surface area contributed by atoms with Crippen molar-refractivity contribution in [3.63, 3.8) is 0 Å². The van der Waals surface area contributed by atoms with Crippen LogP contribution in [0.1, 0.15) is 5.56 Å². The van der Waals surface area contributed by atoms with Gasteiger partial charge in [-0.25, -0.2) is 0 Å². The summed E-state index contributed by atoms with van der Waals surface area (Å²) in [6.07, 6.45) is 3.28. The van der Waals surface area contributed by atoms with Crippen LogP contribution in [0.25, 0.3) is 11.5 Å². The molecule has 1 amide bonds. The van der Waals surface area contributed by atoms with Crippen molar-refractivity contribution in [2.75, 3.05) is 13.7 Å². The first kappa shape index (κ1) is 16.6. The van der Waals surface area contributed by atoms with Crippen LogP contribution in [0.5, 0.6) is 11.5 Å². The Bertz CT molecular complexity index is 831. The van der Waals surface area contributed by atoms with Crippen LogP contribution < -0.4 is 14.8 Å². The largest absolute Gasteiger partial charge is 0.493 e. The highest BCUT2D eigenvalue weighted by molar-refractivity contribution is 5.77. The van der Waals surface area contributed by atoms with Crippen molar-refractivity contribution in [3.8, 4) is 23.0 Å². The van der Waals surface area contributed by atoms with Gasteiger partial charge in [-0.3, -0.25) is 9.78 Å². The Kier molecular flexibility index (Phi) is 5.31. The molecule has 0 bridgehead atoms. The average Bonchev–Trinajstić information content (AvgIpc) is 3.20. The van der Waals surface area contributed by atoms with Crippen molar-refractivity contribution in [2.45, 2.75) is 6.54 Å². The molecule has 0 saturated carbocycles. The average molecular weight is 338 g/mol. The van der Waals surface area contributed by atoms with Crippen LogP contribution in [0.2, 0.25) is 0 Å². The number of rotatable bonds is 7. The minimum atomic E-state index is -0.220. The zero-order valence-corrected chi connectivity index (χ0v) is 13.8. The van der Waals surface area contributed by atoms with E-state index in [0.717, 1.165) is 11.3 Å². The molecule has 0 saturated heterocycles. The number of benzene rings is 1. The zero-order valence-electron chi connectivity index (χ0n) is 13.8. The fourth-order valence-electron chi connectivity index (χ4n) is 2.28. The van der Waals surface area contributed by atoms with Gasteiger partial charge in [-0.1, -0.05) is 12.1 Å². The molecule has 3 rings (SSSR count). The molecule has 3 aromatic rings. The van der Waals surface area contributed by atoms with E-state index in [1.807, 2.05) is 30.3 Å². The smallest absolute Gasteiger partial charge is 0.258 e. The van der Waals surface area contributed by atoms with Gasteiger partial charge >= 0.3 is 0 Å². The van der Waals surface area contributed by atoms with Crippen molar-refractivity contribution in [1.82, 2.24) is 10.3 Å². The predicted molar refractivity (Wildman–Crippen MR) is 92.3 cm³/mol.